The van der Waals surface area contributed by atoms with Gasteiger partial charge in [-0.25, -0.2) is 0 Å². The summed E-state index contributed by atoms with van der Waals surface area (Å²) in [7, 11) is 0. The summed E-state index contributed by atoms with van der Waals surface area (Å²) in [6.07, 6.45) is -15.6. The molecule has 10 atom stereocenters. The fraction of sp³-hybridized carbons (Fsp3) is 0.800. The van der Waals surface area contributed by atoms with E-state index in [1.54, 1.807) is 0 Å². The van der Waals surface area contributed by atoms with Crippen LogP contribution in [0.3, 0.4) is 0 Å². The highest BCUT2D eigenvalue weighted by molar-refractivity contribution is 5.84. The van der Waals surface area contributed by atoms with Crippen molar-refractivity contribution in [2.45, 2.75) is 61.0 Å². The third-order valence-electron chi connectivity index (χ3n) is 4.22. The Labute approximate surface area is 226 Å². The summed E-state index contributed by atoms with van der Waals surface area (Å²) < 4.78 is 0. The topological polar surface area (TPSA) is 392 Å². The molecule has 0 bridgehead atoms. The summed E-state index contributed by atoms with van der Waals surface area (Å²) in [6, 6.07) is 0. The number of hydrogen-bond acceptors (Lipinski definition) is 20. The van der Waals surface area contributed by atoms with Crippen LogP contribution in [-0.2, 0) is 19.2 Å². The van der Waals surface area contributed by atoms with Crippen molar-refractivity contribution >= 4 is 24.1 Å². The molecule has 0 aliphatic rings. The van der Waals surface area contributed by atoms with Gasteiger partial charge < -0.3 is 91.3 Å². The van der Waals surface area contributed by atoms with E-state index in [0.29, 0.717) is 0 Å². The highest BCUT2D eigenvalue weighted by Gasteiger charge is 2.24. The zero-order valence-electron chi connectivity index (χ0n) is 21.0. The minimum Gasteiger partial charge on any atom is -0.394 e. The van der Waals surface area contributed by atoms with E-state index in [0.717, 1.165) is 0 Å². The van der Waals surface area contributed by atoms with E-state index in [-0.39, 0.29) is 12.6 Å². The van der Waals surface area contributed by atoms with Crippen LogP contribution < -0.4 is 0 Å². The van der Waals surface area contributed by atoms with Crippen molar-refractivity contribution in [2.24, 2.45) is 0 Å². The fourth-order valence-corrected chi connectivity index (χ4v) is 1.65. The van der Waals surface area contributed by atoms with Crippen molar-refractivity contribution in [1.82, 2.24) is 0 Å². The van der Waals surface area contributed by atoms with E-state index in [9.17, 15) is 19.2 Å². The van der Waals surface area contributed by atoms with Gasteiger partial charge in [0.05, 0.1) is 26.4 Å². The second-order valence-corrected chi connectivity index (χ2v) is 7.37. The molecule has 0 radical (unpaired) electrons. The Morgan fingerprint density at radius 2 is 0.675 bits per heavy atom. The molecule has 0 aliphatic carbocycles. The van der Waals surface area contributed by atoms with Gasteiger partial charge in [0, 0.05) is 0 Å². The first kappa shape index (κ1) is 45.0. The van der Waals surface area contributed by atoms with Crippen LogP contribution in [0.1, 0.15) is 0 Å². The largest absolute Gasteiger partial charge is 0.394 e. The van der Waals surface area contributed by atoms with Crippen LogP contribution in [-0.4, -0.2) is 207 Å². The van der Waals surface area contributed by atoms with Crippen LogP contribution in [0.15, 0.2) is 0 Å². The molecule has 0 heterocycles. The number of ketones is 2. The zero-order chi connectivity index (χ0) is 32.6. The Bertz CT molecular complexity index is 596. The van der Waals surface area contributed by atoms with Gasteiger partial charge in [-0.2, -0.15) is 0 Å². The van der Waals surface area contributed by atoms with Crippen LogP contribution in [0.5, 0.6) is 0 Å². The average molecular weight is 601 g/mol. The second-order valence-electron chi connectivity index (χ2n) is 7.37. The summed E-state index contributed by atoms with van der Waals surface area (Å²) in [6.45, 7) is -4.45. The van der Waals surface area contributed by atoms with Gasteiger partial charge in [0.15, 0.2) is 24.1 Å². The van der Waals surface area contributed by atoms with Gasteiger partial charge >= 0.3 is 0 Å². The number of aliphatic hydroxyl groups excluding tert-OH is 16. The molecule has 0 unspecified atom stereocenters. The van der Waals surface area contributed by atoms with Crippen molar-refractivity contribution in [3.63, 3.8) is 0 Å². The van der Waals surface area contributed by atoms with Crippen molar-refractivity contribution < 1.29 is 101 Å². The molecule has 0 amide bonds. The molecular weight excluding hydrogens is 560 g/mol. The maximum Gasteiger partial charge on any atom is 0.189 e. The molecule has 0 aromatic carbocycles. The predicted octanol–water partition coefficient (Wildman–Crippen LogP) is -11.0. The van der Waals surface area contributed by atoms with Crippen molar-refractivity contribution in [2.75, 3.05) is 39.6 Å². The number of carbonyl (C=O) groups is 4. The average Bonchev–Trinajstić information content (AvgIpc) is 3.00. The molecule has 0 aromatic rings. The number of Topliss-reactive ketones (excluding diaryl/α,β-unsaturated/α-hetero) is 2. The second kappa shape index (κ2) is 27.2. The van der Waals surface area contributed by atoms with Gasteiger partial charge in [-0.1, -0.05) is 0 Å². The van der Waals surface area contributed by atoms with Gasteiger partial charge in [0.2, 0.25) is 0 Å². The Balaban J connectivity index is -0.000000216. The van der Waals surface area contributed by atoms with Crippen LogP contribution in [0.4, 0.5) is 0 Å². The third-order valence-corrected chi connectivity index (χ3v) is 4.22. The normalized spacial score (nSPS) is 18.0. The Kier molecular flexibility index (Phi) is 30.7. The lowest BCUT2D eigenvalue weighted by molar-refractivity contribution is -0.137. The first-order chi connectivity index (χ1) is 18.5. The smallest absolute Gasteiger partial charge is 0.189 e. The molecule has 0 fully saturated rings. The predicted molar refractivity (Wildman–Crippen MR) is 125 cm³/mol. The van der Waals surface area contributed by atoms with E-state index in [4.69, 9.17) is 81.7 Å². The highest BCUT2D eigenvalue weighted by atomic mass is 16.4. The zero-order valence-corrected chi connectivity index (χ0v) is 21.0. The van der Waals surface area contributed by atoms with Gasteiger partial charge in [-0.3, -0.25) is 9.59 Å². The number of aldehydes is 2. The Hall–Kier alpha value is -1.96. The Morgan fingerprint density at radius 1 is 0.450 bits per heavy atom. The number of hydrogen-bond donors (Lipinski definition) is 16. The van der Waals surface area contributed by atoms with Gasteiger partial charge in [-0.15, -0.1) is 0 Å². The van der Waals surface area contributed by atoms with E-state index in [1.807, 2.05) is 0 Å². The minimum atomic E-state index is -1.69. The maximum absolute atomic E-state index is 10.3. The van der Waals surface area contributed by atoms with Gasteiger partial charge in [-0.05, 0) is 0 Å². The third kappa shape index (κ3) is 20.9. The molecular formula is C20H40O20. The molecule has 0 saturated heterocycles. The molecule has 40 heavy (non-hydrogen) atoms. The van der Waals surface area contributed by atoms with E-state index < -0.39 is 112 Å². The minimum absolute atomic E-state index is 0.0869. The molecule has 20 heteroatoms. The van der Waals surface area contributed by atoms with E-state index in [1.165, 1.54) is 0 Å². The quantitative estimate of drug-likeness (QED) is 0.0730. The van der Waals surface area contributed by atoms with Gasteiger partial charge in [0.1, 0.15) is 74.3 Å². The fourth-order valence-electron chi connectivity index (χ4n) is 1.65. The SMILES string of the molecule is O=C(CO)[C@@H](O)[C@H](O)CO.O=C(CO)[C@@H](O)[C@H](O)CO.O=C[C@H](O)[C@@H](O)[C@H](O)CO.O=C[C@H](O)[C@@H](O)[C@H](O)CO. The first-order valence-corrected chi connectivity index (χ1v) is 10.9. The summed E-state index contributed by atoms with van der Waals surface area (Å²) >= 11 is 0. The van der Waals surface area contributed by atoms with Gasteiger partial charge in [0.25, 0.3) is 0 Å². The van der Waals surface area contributed by atoms with Crippen LogP contribution in [0.25, 0.3) is 0 Å². The summed E-state index contributed by atoms with van der Waals surface area (Å²) in [4.78, 5) is 40.2. The number of rotatable bonds is 16. The molecule has 0 saturated carbocycles. The molecule has 0 spiro atoms. The lowest BCUT2D eigenvalue weighted by Gasteiger charge is -2.16. The first-order valence-electron chi connectivity index (χ1n) is 10.9. The molecule has 16 N–H and O–H groups in total. The summed E-state index contributed by atoms with van der Waals surface area (Å²) in [5, 5.41) is 135. The van der Waals surface area contributed by atoms with E-state index in [2.05, 4.69) is 0 Å². The standard InChI is InChI=1S/4C5H10O5/c4*6-1-3(8)5(10)4(9)2-7/h2*3,5-8,10H,1-2H2;2*1,3-5,7-10H,2H2/t2*3-,5+;2*3-,4+,5+/m1100/s1. The highest BCUT2D eigenvalue weighted by Crippen LogP contribution is 1.97. The molecule has 0 aliphatic heterocycles. The molecule has 240 valence electrons. The number of aliphatic hydroxyl groups is 16. The van der Waals surface area contributed by atoms with Crippen molar-refractivity contribution in [3.05, 3.63) is 0 Å². The summed E-state index contributed by atoms with van der Waals surface area (Å²) in [5.74, 6) is -1.80. The molecule has 0 aromatic heterocycles. The molecule has 0 rings (SSSR count). The number of carbonyl (C=O) groups excluding carboxylic acids is 4. The summed E-state index contributed by atoms with van der Waals surface area (Å²) in [5.41, 5.74) is 0. The lowest BCUT2D eigenvalue weighted by Crippen LogP contribution is -2.40. The Morgan fingerprint density at radius 3 is 0.825 bits per heavy atom. The van der Waals surface area contributed by atoms with Crippen molar-refractivity contribution in [1.29, 1.82) is 0 Å². The monoisotopic (exact) mass is 600 g/mol. The molecule has 20 nitrogen and oxygen atoms in total. The van der Waals surface area contributed by atoms with Crippen molar-refractivity contribution in [3.8, 4) is 0 Å². The van der Waals surface area contributed by atoms with Crippen LogP contribution in [0.2, 0.25) is 0 Å². The van der Waals surface area contributed by atoms with Crippen LogP contribution in [0, 0.1) is 0 Å². The van der Waals surface area contributed by atoms with Crippen LogP contribution >= 0.6 is 0 Å². The van der Waals surface area contributed by atoms with E-state index >= 15 is 0 Å². The maximum atomic E-state index is 10.3. The lowest BCUT2D eigenvalue weighted by atomic mass is 10.1.